The Bertz CT molecular complexity index is 530. The van der Waals surface area contributed by atoms with E-state index < -0.39 is 10.0 Å². The molecule has 0 N–H and O–H groups in total. The lowest BCUT2D eigenvalue weighted by molar-refractivity contribution is 0.246. The first-order chi connectivity index (χ1) is 9.11. The molecule has 5 heteroatoms. The van der Waals surface area contributed by atoms with Crippen LogP contribution < -0.4 is 0 Å². The van der Waals surface area contributed by atoms with E-state index in [2.05, 4.69) is 0 Å². The van der Waals surface area contributed by atoms with Gasteiger partial charge < -0.3 is 0 Å². The van der Waals surface area contributed by atoms with E-state index in [-0.39, 0.29) is 11.9 Å². The Labute approximate surface area is 120 Å². The first kappa shape index (κ1) is 14.8. The summed E-state index contributed by atoms with van der Waals surface area (Å²) >= 11 is 5.86. The van der Waals surface area contributed by atoms with Gasteiger partial charge in [0.25, 0.3) is 0 Å². The van der Waals surface area contributed by atoms with Gasteiger partial charge in [-0.25, -0.2) is 8.42 Å². The molecule has 0 aliphatic carbocycles. The van der Waals surface area contributed by atoms with E-state index in [1.165, 1.54) is 0 Å². The molecule has 1 aliphatic heterocycles. The SMILES string of the molecule is CCC1CCCCN1S(=O)(=O)c1ccccc1CCl. The molecule has 0 saturated carbocycles. The third-order valence-electron chi connectivity index (χ3n) is 3.75. The van der Waals surface area contributed by atoms with E-state index in [0.29, 0.717) is 17.0 Å². The molecule has 1 heterocycles. The highest BCUT2D eigenvalue weighted by atomic mass is 35.5. The van der Waals surface area contributed by atoms with Crippen LogP contribution in [0.1, 0.15) is 38.2 Å². The maximum atomic E-state index is 12.8. The molecule has 1 fully saturated rings. The molecule has 1 saturated heterocycles. The topological polar surface area (TPSA) is 37.4 Å². The van der Waals surface area contributed by atoms with Gasteiger partial charge in [-0.15, -0.1) is 11.6 Å². The van der Waals surface area contributed by atoms with Crippen LogP contribution in [0.5, 0.6) is 0 Å². The minimum Gasteiger partial charge on any atom is -0.207 e. The quantitative estimate of drug-likeness (QED) is 0.800. The fourth-order valence-electron chi connectivity index (χ4n) is 2.69. The Morgan fingerprint density at radius 3 is 2.74 bits per heavy atom. The summed E-state index contributed by atoms with van der Waals surface area (Å²) in [5.74, 6) is 0.222. The smallest absolute Gasteiger partial charge is 0.207 e. The number of sulfonamides is 1. The molecule has 19 heavy (non-hydrogen) atoms. The fraction of sp³-hybridized carbons (Fsp3) is 0.571. The van der Waals surface area contributed by atoms with Crippen molar-refractivity contribution in [3.8, 4) is 0 Å². The summed E-state index contributed by atoms with van der Waals surface area (Å²) in [6, 6.07) is 7.15. The van der Waals surface area contributed by atoms with Gasteiger partial charge in [-0.3, -0.25) is 0 Å². The predicted molar refractivity (Wildman–Crippen MR) is 77.8 cm³/mol. The second-order valence-corrected chi connectivity index (χ2v) is 7.04. The molecule has 2 rings (SSSR count). The number of nitrogens with zero attached hydrogens (tertiary/aromatic N) is 1. The van der Waals surface area contributed by atoms with E-state index >= 15 is 0 Å². The van der Waals surface area contributed by atoms with Crippen molar-refractivity contribution in [1.82, 2.24) is 4.31 Å². The lowest BCUT2D eigenvalue weighted by Gasteiger charge is -2.34. The Morgan fingerprint density at radius 1 is 1.32 bits per heavy atom. The maximum absolute atomic E-state index is 12.8. The van der Waals surface area contributed by atoms with Gasteiger partial charge in [-0.2, -0.15) is 4.31 Å². The van der Waals surface area contributed by atoms with Crippen molar-refractivity contribution in [3.63, 3.8) is 0 Å². The highest BCUT2D eigenvalue weighted by molar-refractivity contribution is 7.89. The van der Waals surface area contributed by atoms with E-state index in [4.69, 9.17) is 11.6 Å². The summed E-state index contributed by atoms with van der Waals surface area (Å²) in [6.45, 7) is 2.67. The molecule has 1 unspecified atom stereocenters. The molecule has 3 nitrogen and oxygen atoms in total. The zero-order valence-corrected chi connectivity index (χ0v) is 12.8. The average Bonchev–Trinajstić information content (AvgIpc) is 2.47. The average molecular weight is 302 g/mol. The third-order valence-corrected chi connectivity index (χ3v) is 6.09. The first-order valence-corrected chi connectivity index (χ1v) is 8.74. The number of alkyl halides is 1. The van der Waals surface area contributed by atoms with Gasteiger partial charge in [-0.05, 0) is 30.9 Å². The molecule has 0 amide bonds. The van der Waals surface area contributed by atoms with E-state index in [0.717, 1.165) is 25.7 Å². The van der Waals surface area contributed by atoms with Gasteiger partial charge in [0, 0.05) is 18.5 Å². The van der Waals surface area contributed by atoms with Gasteiger partial charge in [-0.1, -0.05) is 31.5 Å². The molecular formula is C14H20ClNO2S. The van der Waals surface area contributed by atoms with Crippen molar-refractivity contribution in [3.05, 3.63) is 29.8 Å². The summed E-state index contributed by atoms with van der Waals surface area (Å²) in [5.41, 5.74) is 0.685. The Morgan fingerprint density at radius 2 is 2.05 bits per heavy atom. The summed E-state index contributed by atoms with van der Waals surface area (Å²) in [4.78, 5) is 0.366. The number of hydrogen-bond donors (Lipinski definition) is 0. The van der Waals surface area contributed by atoms with Gasteiger partial charge in [0.1, 0.15) is 0 Å². The zero-order chi connectivity index (χ0) is 13.9. The highest BCUT2D eigenvalue weighted by Gasteiger charge is 2.33. The number of halogens is 1. The van der Waals surface area contributed by atoms with E-state index in [1.807, 2.05) is 13.0 Å². The lowest BCUT2D eigenvalue weighted by atomic mass is 10.0. The Balaban J connectivity index is 2.40. The normalized spacial score (nSPS) is 21.5. The van der Waals surface area contributed by atoms with Crippen LogP contribution in [-0.2, 0) is 15.9 Å². The molecule has 1 aromatic rings. The van der Waals surface area contributed by atoms with Gasteiger partial charge in [0.15, 0.2) is 0 Å². The summed E-state index contributed by atoms with van der Waals surface area (Å²) in [6.07, 6.45) is 3.88. The Kier molecular flexibility index (Phi) is 4.87. The minimum absolute atomic E-state index is 0.127. The van der Waals surface area contributed by atoms with Crippen LogP contribution in [0.15, 0.2) is 29.2 Å². The Hall–Kier alpha value is -0.580. The van der Waals surface area contributed by atoms with Crippen molar-refractivity contribution >= 4 is 21.6 Å². The molecule has 1 aliphatic rings. The van der Waals surface area contributed by atoms with Crippen LogP contribution in [0.4, 0.5) is 0 Å². The van der Waals surface area contributed by atoms with Crippen LogP contribution in [-0.4, -0.2) is 25.3 Å². The molecule has 0 aromatic heterocycles. The highest BCUT2D eigenvalue weighted by Crippen LogP contribution is 2.29. The molecule has 0 bridgehead atoms. The molecular weight excluding hydrogens is 282 g/mol. The molecule has 0 spiro atoms. The summed E-state index contributed by atoms with van der Waals surface area (Å²) in [5, 5.41) is 0. The van der Waals surface area contributed by atoms with Crippen molar-refractivity contribution in [1.29, 1.82) is 0 Å². The van der Waals surface area contributed by atoms with E-state index in [1.54, 1.807) is 22.5 Å². The van der Waals surface area contributed by atoms with Crippen molar-refractivity contribution in [2.24, 2.45) is 0 Å². The number of piperidine rings is 1. The summed E-state index contributed by atoms with van der Waals surface area (Å²) in [7, 11) is -3.42. The summed E-state index contributed by atoms with van der Waals surface area (Å²) < 4.78 is 27.3. The van der Waals surface area contributed by atoms with Crippen LogP contribution in [0.3, 0.4) is 0 Å². The first-order valence-electron chi connectivity index (χ1n) is 6.77. The van der Waals surface area contributed by atoms with Crippen LogP contribution >= 0.6 is 11.6 Å². The lowest BCUT2D eigenvalue weighted by Crippen LogP contribution is -2.43. The van der Waals surface area contributed by atoms with E-state index in [9.17, 15) is 8.42 Å². The molecule has 0 radical (unpaired) electrons. The largest absolute Gasteiger partial charge is 0.243 e. The third kappa shape index (κ3) is 2.96. The number of hydrogen-bond acceptors (Lipinski definition) is 2. The second-order valence-electron chi connectivity index (χ2n) is 4.91. The van der Waals surface area contributed by atoms with Gasteiger partial charge in [0.2, 0.25) is 10.0 Å². The van der Waals surface area contributed by atoms with Crippen molar-refractivity contribution in [2.75, 3.05) is 6.54 Å². The number of benzene rings is 1. The van der Waals surface area contributed by atoms with Gasteiger partial charge in [0.05, 0.1) is 4.90 Å². The monoisotopic (exact) mass is 301 g/mol. The van der Waals surface area contributed by atoms with Crippen molar-refractivity contribution in [2.45, 2.75) is 49.4 Å². The molecule has 1 aromatic carbocycles. The van der Waals surface area contributed by atoms with Crippen LogP contribution in [0, 0.1) is 0 Å². The predicted octanol–water partition coefficient (Wildman–Crippen LogP) is 3.38. The maximum Gasteiger partial charge on any atom is 0.243 e. The minimum atomic E-state index is -3.42. The van der Waals surface area contributed by atoms with Crippen LogP contribution in [0.25, 0.3) is 0 Å². The molecule has 1 atom stereocenters. The van der Waals surface area contributed by atoms with Crippen molar-refractivity contribution < 1.29 is 8.42 Å². The van der Waals surface area contributed by atoms with Crippen LogP contribution in [0.2, 0.25) is 0 Å². The van der Waals surface area contributed by atoms with Gasteiger partial charge >= 0.3 is 0 Å². The standard InChI is InChI=1S/C14H20ClNO2S/c1-2-13-8-5-6-10-16(13)19(17,18)14-9-4-3-7-12(14)11-15/h3-4,7,9,13H,2,5-6,8,10-11H2,1H3. The second kappa shape index (κ2) is 6.25. The fourth-order valence-corrected chi connectivity index (χ4v) is 4.99. The molecule has 106 valence electrons. The number of rotatable bonds is 4. The zero-order valence-electron chi connectivity index (χ0n) is 11.2.